The molecule has 2 aromatic carbocycles. The molecular formula is C20H18N2O2. The maximum absolute atomic E-state index is 12.0. The lowest BCUT2D eigenvalue weighted by atomic mass is 10.1. The molecule has 1 aromatic heterocycles. The third-order valence-corrected chi connectivity index (χ3v) is 3.50. The van der Waals surface area contributed by atoms with Gasteiger partial charge in [0.2, 0.25) is 5.91 Å². The van der Waals surface area contributed by atoms with E-state index in [1.807, 2.05) is 54.6 Å². The van der Waals surface area contributed by atoms with E-state index in [1.54, 1.807) is 24.5 Å². The molecule has 0 aliphatic rings. The monoisotopic (exact) mass is 318 g/mol. The Hall–Kier alpha value is -3.14. The van der Waals surface area contributed by atoms with Crippen LogP contribution in [0.25, 0.3) is 0 Å². The number of hydrogen-bond acceptors (Lipinski definition) is 3. The number of ether oxygens (including phenoxy) is 1. The summed E-state index contributed by atoms with van der Waals surface area (Å²) >= 11 is 0. The van der Waals surface area contributed by atoms with Gasteiger partial charge in [0.05, 0.1) is 6.42 Å². The number of hydrogen-bond donors (Lipinski definition) is 1. The third-order valence-electron chi connectivity index (χ3n) is 3.50. The van der Waals surface area contributed by atoms with Crippen molar-refractivity contribution in [1.82, 2.24) is 4.98 Å². The minimum atomic E-state index is -0.0563. The average molecular weight is 318 g/mol. The summed E-state index contributed by atoms with van der Waals surface area (Å²) in [5.74, 6) is 0.733. The lowest BCUT2D eigenvalue weighted by molar-refractivity contribution is -0.115. The normalized spacial score (nSPS) is 10.2. The summed E-state index contributed by atoms with van der Waals surface area (Å²) < 4.78 is 5.74. The highest BCUT2D eigenvalue weighted by atomic mass is 16.5. The summed E-state index contributed by atoms with van der Waals surface area (Å²) in [4.78, 5) is 15.9. The van der Waals surface area contributed by atoms with Crippen LogP contribution in [0.3, 0.4) is 0 Å². The molecule has 0 saturated heterocycles. The molecule has 0 fully saturated rings. The van der Waals surface area contributed by atoms with E-state index in [4.69, 9.17) is 4.74 Å². The number of amides is 1. The highest BCUT2D eigenvalue weighted by molar-refractivity contribution is 5.92. The number of benzene rings is 2. The second-order valence-electron chi connectivity index (χ2n) is 5.38. The lowest BCUT2D eigenvalue weighted by Gasteiger charge is -2.08. The Morgan fingerprint density at radius 3 is 2.29 bits per heavy atom. The Morgan fingerprint density at radius 2 is 1.58 bits per heavy atom. The van der Waals surface area contributed by atoms with Crippen LogP contribution in [-0.2, 0) is 17.8 Å². The molecule has 1 amide bonds. The molecule has 1 heterocycles. The van der Waals surface area contributed by atoms with E-state index in [-0.39, 0.29) is 5.91 Å². The Kier molecular flexibility index (Phi) is 5.20. The Balaban J connectivity index is 1.51. The van der Waals surface area contributed by atoms with Crippen molar-refractivity contribution in [3.8, 4) is 5.75 Å². The third kappa shape index (κ3) is 4.68. The number of aromatic nitrogens is 1. The first-order valence-electron chi connectivity index (χ1n) is 7.75. The van der Waals surface area contributed by atoms with E-state index in [2.05, 4.69) is 10.3 Å². The van der Waals surface area contributed by atoms with Gasteiger partial charge in [-0.15, -0.1) is 0 Å². The summed E-state index contributed by atoms with van der Waals surface area (Å²) in [6, 6.07) is 21.1. The molecule has 1 N–H and O–H groups in total. The standard InChI is InChI=1S/C20H18N2O2/c23-20(22-18-10-12-21-13-11-18)14-16-6-8-19(9-7-16)24-15-17-4-2-1-3-5-17/h1-13H,14-15H2,(H,21,22,23). The van der Waals surface area contributed by atoms with Gasteiger partial charge in [-0.3, -0.25) is 9.78 Å². The van der Waals surface area contributed by atoms with Gasteiger partial charge in [0.15, 0.2) is 0 Å². The van der Waals surface area contributed by atoms with Gasteiger partial charge in [-0.25, -0.2) is 0 Å². The summed E-state index contributed by atoms with van der Waals surface area (Å²) in [5.41, 5.74) is 2.81. The number of pyridine rings is 1. The van der Waals surface area contributed by atoms with Crippen molar-refractivity contribution in [2.45, 2.75) is 13.0 Å². The van der Waals surface area contributed by atoms with E-state index in [1.165, 1.54) is 0 Å². The van der Waals surface area contributed by atoms with Crippen LogP contribution in [0.4, 0.5) is 5.69 Å². The molecule has 0 aliphatic carbocycles. The smallest absolute Gasteiger partial charge is 0.228 e. The molecule has 0 atom stereocenters. The van der Waals surface area contributed by atoms with Crippen molar-refractivity contribution in [2.75, 3.05) is 5.32 Å². The molecular weight excluding hydrogens is 300 g/mol. The van der Waals surface area contributed by atoms with Gasteiger partial charge >= 0.3 is 0 Å². The molecule has 3 aromatic rings. The van der Waals surface area contributed by atoms with E-state index in [9.17, 15) is 4.79 Å². The van der Waals surface area contributed by atoms with Crippen LogP contribution >= 0.6 is 0 Å². The maximum atomic E-state index is 12.0. The molecule has 0 spiro atoms. The van der Waals surface area contributed by atoms with Gasteiger partial charge in [0.25, 0.3) is 0 Å². The quantitative estimate of drug-likeness (QED) is 0.751. The van der Waals surface area contributed by atoms with Gasteiger partial charge in [-0.2, -0.15) is 0 Å². The summed E-state index contributed by atoms with van der Waals surface area (Å²) in [5, 5.41) is 2.84. The van der Waals surface area contributed by atoms with Crippen LogP contribution in [0.5, 0.6) is 5.75 Å². The highest BCUT2D eigenvalue weighted by Crippen LogP contribution is 2.15. The van der Waals surface area contributed by atoms with Crippen LogP contribution in [0.15, 0.2) is 79.1 Å². The molecule has 0 saturated carbocycles. The summed E-state index contributed by atoms with van der Waals surface area (Å²) in [6.45, 7) is 0.530. The predicted octanol–water partition coefficient (Wildman–Crippen LogP) is 3.84. The van der Waals surface area contributed by atoms with Crippen molar-refractivity contribution in [2.24, 2.45) is 0 Å². The van der Waals surface area contributed by atoms with Gasteiger partial charge < -0.3 is 10.1 Å². The summed E-state index contributed by atoms with van der Waals surface area (Å²) in [7, 11) is 0. The molecule has 0 radical (unpaired) electrons. The SMILES string of the molecule is O=C(Cc1ccc(OCc2ccccc2)cc1)Nc1ccncc1. The van der Waals surface area contributed by atoms with Crippen molar-refractivity contribution >= 4 is 11.6 Å². The van der Waals surface area contributed by atoms with Gasteiger partial charge in [-0.05, 0) is 35.4 Å². The van der Waals surface area contributed by atoms with Crippen LogP contribution in [-0.4, -0.2) is 10.9 Å². The molecule has 0 unspecified atom stereocenters. The van der Waals surface area contributed by atoms with E-state index in [0.717, 1.165) is 22.6 Å². The molecule has 120 valence electrons. The fourth-order valence-electron chi connectivity index (χ4n) is 2.27. The first-order chi connectivity index (χ1) is 11.8. The number of carbonyl (C=O) groups is 1. The lowest BCUT2D eigenvalue weighted by Crippen LogP contribution is -2.14. The van der Waals surface area contributed by atoms with Crippen molar-refractivity contribution in [3.63, 3.8) is 0 Å². The number of rotatable bonds is 6. The second-order valence-corrected chi connectivity index (χ2v) is 5.38. The Bertz CT molecular complexity index is 772. The maximum Gasteiger partial charge on any atom is 0.228 e. The van der Waals surface area contributed by atoms with Crippen molar-refractivity contribution in [3.05, 3.63) is 90.3 Å². The zero-order valence-electron chi connectivity index (χ0n) is 13.2. The zero-order chi connectivity index (χ0) is 16.6. The number of carbonyl (C=O) groups excluding carboxylic acids is 1. The number of nitrogens with one attached hydrogen (secondary N) is 1. The fourth-order valence-corrected chi connectivity index (χ4v) is 2.27. The van der Waals surface area contributed by atoms with E-state index in [0.29, 0.717) is 13.0 Å². The van der Waals surface area contributed by atoms with E-state index < -0.39 is 0 Å². The average Bonchev–Trinajstić information content (AvgIpc) is 2.63. The number of nitrogens with zero attached hydrogens (tertiary/aromatic N) is 1. The zero-order valence-corrected chi connectivity index (χ0v) is 13.2. The fraction of sp³-hybridized carbons (Fsp3) is 0.100. The Labute approximate surface area is 141 Å². The van der Waals surface area contributed by atoms with Crippen LogP contribution in [0.2, 0.25) is 0 Å². The van der Waals surface area contributed by atoms with E-state index >= 15 is 0 Å². The molecule has 0 bridgehead atoms. The van der Waals surface area contributed by atoms with Gasteiger partial charge in [0, 0.05) is 18.1 Å². The predicted molar refractivity (Wildman–Crippen MR) is 93.8 cm³/mol. The molecule has 4 heteroatoms. The van der Waals surface area contributed by atoms with Crippen molar-refractivity contribution in [1.29, 1.82) is 0 Å². The minimum absolute atomic E-state index is 0.0563. The summed E-state index contributed by atoms with van der Waals surface area (Å²) in [6.07, 6.45) is 3.62. The van der Waals surface area contributed by atoms with Crippen LogP contribution in [0.1, 0.15) is 11.1 Å². The molecule has 4 nitrogen and oxygen atoms in total. The topological polar surface area (TPSA) is 51.2 Å². The second kappa shape index (κ2) is 7.92. The molecule has 0 aliphatic heterocycles. The van der Waals surface area contributed by atoms with Crippen molar-refractivity contribution < 1.29 is 9.53 Å². The first kappa shape index (κ1) is 15.7. The Morgan fingerprint density at radius 1 is 0.875 bits per heavy atom. The van der Waals surface area contributed by atoms with Crippen LogP contribution in [0, 0.1) is 0 Å². The van der Waals surface area contributed by atoms with Gasteiger partial charge in [0.1, 0.15) is 12.4 Å². The molecule has 3 rings (SSSR count). The molecule has 24 heavy (non-hydrogen) atoms. The number of anilines is 1. The highest BCUT2D eigenvalue weighted by Gasteiger charge is 2.04. The van der Waals surface area contributed by atoms with Crippen LogP contribution < -0.4 is 10.1 Å². The largest absolute Gasteiger partial charge is 0.489 e. The van der Waals surface area contributed by atoms with Gasteiger partial charge in [-0.1, -0.05) is 42.5 Å². The minimum Gasteiger partial charge on any atom is -0.489 e. The first-order valence-corrected chi connectivity index (χ1v) is 7.75.